The quantitative estimate of drug-likeness (QED) is 0.339. The summed E-state index contributed by atoms with van der Waals surface area (Å²) < 4.78 is 7.51. The monoisotopic (exact) mass is 368 g/mol. The lowest BCUT2D eigenvalue weighted by atomic mass is 10.1. The van der Waals surface area contributed by atoms with Gasteiger partial charge in [-0.15, -0.1) is 0 Å². The summed E-state index contributed by atoms with van der Waals surface area (Å²) >= 11 is 0. The van der Waals surface area contributed by atoms with Gasteiger partial charge < -0.3 is 35.7 Å². The van der Waals surface area contributed by atoms with E-state index in [0.29, 0.717) is 36.8 Å². The van der Waals surface area contributed by atoms with Gasteiger partial charge in [0.2, 0.25) is 5.95 Å². The number of aromatic nitrogens is 4. The summed E-state index contributed by atoms with van der Waals surface area (Å²) in [6.45, 7) is 1.29. The van der Waals surface area contributed by atoms with E-state index in [-0.39, 0.29) is 5.82 Å². The van der Waals surface area contributed by atoms with Gasteiger partial charge in [-0.2, -0.15) is 0 Å². The number of aliphatic hydroxyl groups is 2. The number of imidazole rings is 1. The number of hydrogen-bond acceptors (Lipinski definition) is 11. The van der Waals surface area contributed by atoms with E-state index >= 15 is 0 Å². The van der Waals surface area contributed by atoms with Gasteiger partial charge in [0, 0.05) is 20.1 Å². The molecule has 3 rings (SSSR count). The van der Waals surface area contributed by atoms with Gasteiger partial charge in [0.05, 0.1) is 6.61 Å². The number of aliphatic hydroxyl groups excluding tert-OH is 2. The van der Waals surface area contributed by atoms with Crippen molar-refractivity contribution in [2.45, 2.75) is 24.5 Å². The molecule has 2 unspecified atom stereocenters. The van der Waals surface area contributed by atoms with Crippen LogP contribution >= 0.6 is 0 Å². The molecule has 12 nitrogen and oxygen atoms in total. The molecular weight excluding hydrogens is 344 g/mol. The topological polar surface area (TPSA) is 170 Å². The van der Waals surface area contributed by atoms with Gasteiger partial charge in [-0.25, -0.2) is 20.8 Å². The fraction of sp³-hybridized carbons (Fsp3) is 0.643. The van der Waals surface area contributed by atoms with Crippen molar-refractivity contribution in [2.24, 2.45) is 5.90 Å². The third-order valence-corrected chi connectivity index (χ3v) is 4.40. The van der Waals surface area contributed by atoms with Crippen molar-refractivity contribution in [2.75, 3.05) is 44.8 Å². The molecule has 26 heavy (non-hydrogen) atoms. The van der Waals surface area contributed by atoms with Crippen LogP contribution in [-0.4, -0.2) is 86.7 Å². The third-order valence-electron chi connectivity index (χ3n) is 4.40. The van der Waals surface area contributed by atoms with Crippen LogP contribution in [0.15, 0.2) is 6.33 Å². The maximum Gasteiger partial charge on any atom is 0.207 e. The number of ether oxygens (including phenoxy) is 1. The van der Waals surface area contributed by atoms with Crippen molar-refractivity contribution in [1.29, 1.82) is 0 Å². The van der Waals surface area contributed by atoms with Crippen molar-refractivity contribution < 1.29 is 19.8 Å². The minimum absolute atomic E-state index is 0.219. The van der Waals surface area contributed by atoms with Crippen LogP contribution in [0.3, 0.4) is 0 Å². The Labute approximate surface area is 149 Å². The minimum Gasteiger partial charge on any atom is -0.387 e. The van der Waals surface area contributed by atoms with Crippen LogP contribution < -0.4 is 16.9 Å². The molecule has 0 aromatic carbocycles. The highest BCUT2D eigenvalue weighted by Crippen LogP contribution is 2.35. The summed E-state index contributed by atoms with van der Waals surface area (Å²) in [6.07, 6.45) is -2.43. The number of nitrogen functional groups attached to an aromatic ring is 1. The molecule has 1 fully saturated rings. The maximum atomic E-state index is 10.5. The second-order valence-corrected chi connectivity index (χ2v) is 6.17. The Hall–Kier alpha value is -2.09. The van der Waals surface area contributed by atoms with E-state index in [9.17, 15) is 10.2 Å². The lowest BCUT2D eigenvalue weighted by molar-refractivity contribution is -0.0425. The van der Waals surface area contributed by atoms with E-state index in [1.54, 1.807) is 11.6 Å². The molecule has 0 saturated carbocycles. The van der Waals surface area contributed by atoms with Crippen LogP contribution in [0.4, 0.5) is 11.8 Å². The van der Waals surface area contributed by atoms with Gasteiger partial charge in [-0.05, 0) is 7.05 Å². The SMILES string of the molecule is CNc1nc2c(N)ncnc2n1[C@@H]1O[C@H](CN(C)CCON)C(O)C1O. The molecular formula is C14H24N8O4. The second kappa shape index (κ2) is 7.65. The van der Waals surface area contributed by atoms with Gasteiger partial charge in [-0.3, -0.25) is 4.57 Å². The van der Waals surface area contributed by atoms with Crippen LogP contribution in [0, 0.1) is 0 Å². The number of rotatable bonds is 7. The highest BCUT2D eigenvalue weighted by atomic mass is 16.6. The predicted molar refractivity (Wildman–Crippen MR) is 92.8 cm³/mol. The van der Waals surface area contributed by atoms with Gasteiger partial charge in [0.1, 0.15) is 24.6 Å². The number of likely N-dealkylation sites (N-methyl/N-ethyl adjacent to an activating group) is 1. The Kier molecular flexibility index (Phi) is 5.50. The molecule has 3 heterocycles. The van der Waals surface area contributed by atoms with Gasteiger partial charge in [0.15, 0.2) is 23.2 Å². The summed E-state index contributed by atoms with van der Waals surface area (Å²) in [5.74, 6) is 5.65. The molecule has 0 amide bonds. The Balaban J connectivity index is 1.88. The zero-order valence-corrected chi connectivity index (χ0v) is 14.6. The first-order valence-corrected chi connectivity index (χ1v) is 8.16. The number of nitrogens with zero attached hydrogens (tertiary/aromatic N) is 5. The van der Waals surface area contributed by atoms with Crippen molar-refractivity contribution in [3.8, 4) is 0 Å². The molecule has 2 aromatic rings. The second-order valence-electron chi connectivity index (χ2n) is 6.17. The molecule has 0 spiro atoms. The molecule has 0 radical (unpaired) electrons. The minimum atomic E-state index is -1.17. The van der Waals surface area contributed by atoms with Crippen LogP contribution in [-0.2, 0) is 9.57 Å². The standard InChI is InChI=1S/C14H24N8O4/c1-17-14-20-8-11(15)18-6-19-12(8)22(14)13-10(24)9(23)7(26-13)5-21(2)3-4-25-16/h6-7,9-10,13,23-24H,3-5,16H2,1-2H3,(H,17,20)(H2,15,18,19)/t7-,9?,10?,13-/m1/s1. The molecule has 2 aromatic heterocycles. The number of nitrogens with two attached hydrogens (primary N) is 2. The average molecular weight is 368 g/mol. The summed E-state index contributed by atoms with van der Waals surface area (Å²) in [6, 6.07) is 0. The summed E-state index contributed by atoms with van der Waals surface area (Å²) in [5, 5.41) is 23.9. The molecule has 7 N–H and O–H groups in total. The zero-order chi connectivity index (χ0) is 18.8. The Bertz CT molecular complexity index is 756. The first kappa shape index (κ1) is 18.7. The zero-order valence-electron chi connectivity index (χ0n) is 14.6. The molecule has 4 atom stereocenters. The van der Waals surface area contributed by atoms with Crippen LogP contribution in [0.5, 0.6) is 0 Å². The molecule has 12 heteroatoms. The van der Waals surface area contributed by atoms with Crippen molar-refractivity contribution in [3.63, 3.8) is 0 Å². The number of anilines is 2. The van der Waals surface area contributed by atoms with Crippen LogP contribution in [0.1, 0.15) is 6.23 Å². The van der Waals surface area contributed by atoms with E-state index < -0.39 is 24.5 Å². The lowest BCUT2D eigenvalue weighted by Gasteiger charge is -2.22. The molecule has 144 valence electrons. The molecule has 1 aliphatic heterocycles. The average Bonchev–Trinajstić information content (AvgIpc) is 3.13. The smallest absolute Gasteiger partial charge is 0.207 e. The van der Waals surface area contributed by atoms with Gasteiger partial charge in [0.25, 0.3) is 0 Å². The highest BCUT2D eigenvalue weighted by Gasteiger charge is 2.45. The van der Waals surface area contributed by atoms with Gasteiger partial charge in [-0.1, -0.05) is 0 Å². The summed E-state index contributed by atoms with van der Waals surface area (Å²) in [5.41, 5.74) is 6.65. The highest BCUT2D eigenvalue weighted by molar-refractivity contribution is 5.84. The normalized spacial score (nSPS) is 26.1. The van der Waals surface area contributed by atoms with Gasteiger partial charge >= 0.3 is 0 Å². The van der Waals surface area contributed by atoms with E-state index in [1.807, 2.05) is 11.9 Å². The predicted octanol–water partition coefficient (Wildman–Crippen LogP) is -2.11. The van der Waals surface area contributed by atoms with Crippen LogP contribution in [0.2, 0.25) is 0 Å². The lowest BCUT2D eigenvalue weighted by Crippen LogP contribution is -2.39. The first-order valence-electron chi connectivity index (χ1n) is 8.16. The Morgan fingerprint density at radius 1 is 1.38 bits per heavy atom. The van der Waals surface area contributed by atoms with E-state index in [4.69, 9.17) is 16.4 Å². The molecule has 0 aliphatic carbocycles. The van der Waals surface area contributed by atoms with Crippen molar-refractivity contribution in [1.82, 2.24) is 24.4 Å². The van der Waals surface area contributed by atoms with Crippen molar-refractivity contribution in [3.05, 3.63) is 6.33 Å². The van der Waals surface area contributed by atoms with Crippen LogP contribution in [0.25, 0.3) is 11.2 Å². The summed E-state index contributed by atoms with van der Waals surface area (Å²) in [4.78, 5) is 18.9. The van der Waals surface area contributed by atoms with E-state index in [2.05, 4.69) is 25.1 Å². The first-order chi connectivity index (χ1) is 12.5. The fourth-order valence-corrected chi connectivity index (χ4v) is 3.04. The van der Waals surface area contributed by atoms with E-state index in [1.165, 1.54) is 6.33 Å². The number of nitrogens with one attached hydrogen (secondary N) is 1. The number of hydrogen-bond donors (Lipinski definition) is 5. The Morgan fingerprint density at radius 2 is 2.15 bits per heavy atom. The van der Waals surface area contributed by atoms with E-state index in [0.717, 1.165) is 0 Å². The molecule has 1 aliphatic rings. The Morgan fingerprint density at radius 3 is 2.85 bits per heavy atom. The largest absolute Gasteiger partial charge is 0.387 e. The molecule has 0 bridgehead atoms. The third kappa shape index (κ3) is 3.30. The fourth-order valence-electron chi connectivity index (χ4n) is 3.04. The summed E-state index contributed by atoms with van der Waals surface area (Å²) in [7, 11) is 3.52. The maximum absolute atomic E-state index is 10.5. The number of fused-ring (bicyclic) bond motifs is 1. The van der Waals surface area contributed by atoms with Crippen molar-refractivity contribution >= 4 is 22.9 Å². The molecule has 1 saturated heterocycles.